The van der Waals surface area contributed by atoms with Crippen LogP contribution in [-0.4, -0.2) is 37.5 Å². The van der Waals surface area contributed by atoms with Gasteiger partial charge in [-0.1, -0.05) is 30.3 Å². The molecular weight excluding hydrogens is 422 g/mol. The number of aryl methyl sites for hydroxylation is 1. The second kappa shape index (κ2) is 6.93. The van der Waals surface area contributed by atoms with Gasteiger partial charge in [-0.15, -0.1) is 0 Å². The van der Waals surface area contributed by atoms with Gasteiger partial charge in [0.25, 0.3) is 0 Å². The lowest BCUT2D eigenvalue weighted by atomic mass is 9.58. The van der Waals surface area contributed by atoms with Crippen LogP contribution in [0.15, 0.2) is 60.8 Å². The molecule has 7 rings (SSSR count). The normalized spacial score (nSPS) is 17.4. The molecule has 0 amide bonds. The Kier molecular flexibility index (Phi) is 4.04. The number of fused-ring (bicyclic) bond motifs is 2. The molecule has 6 heteroatoms. The minimum atomic E-state index is 0.272. The van der Waals surface area contributed by atoms with Gasteiger partial charge in [0.15, 0.2) is 0 Å². The highest BCUT2D eigenvalue weighted by atomic mass is 16.3. The Hall–Kier alpha value is -3.64. The number of rotatable bonds is 3. The number of nitrogens with one attached hydrogen (secondary N) is 1. The molecule has 1 aliphatic heterocycles. The maximum absolute atomic E-state index is 10.6. The van der Waals surface area contributed by atoms with Crippen molar-refractivity contribution in [2.24, 2.45) is 19.5 Å². The number of hydrogen-bond donors (Lipinski definition) is 2. The molecule has 0 radical (unpaired) electrons. The lowest BCUT2D eigenvalue weighted by Gasteiger charge is -2.54. The van der Waals surface area contributed by atoms with Crippen molar-refractivity contribution in [3.8, 4) is 28.3 Å². The number of phenols is 1. The van der Waals surface area contributed by atoms with E-state index in [2.05, 4.69) is 58.4 Å². The summed E-state index contributed by atoms with van der Waals surface area (Å²) in [6, 6.07) is 18.3. The lowest BCUT2D eigenvalue weighted by Crippen LogP contribution is -2.59. The van der Waals surface area contributed by atoms with E-state index in [1.165, 1.54) is 12.8 Å². The molecule has 3 aromatic carbocycles. The average molecular weight is 450 g/mol. The van der Waals surface area contributed by atoms with Gasteiger partial charge in [-0.3, -0.25) is 4.68 Å². The molecule has 1 saturated heterocycles. The van der Waals surface area contributed by atoms with E-state index < -0.39 is 0 Å². The number of benzene rings is 3. The van der Waals surface area contributed by atoms with E-state index in [1.807, 2.05) is 36.1 Å². The summed E-state index contributed by atoms with van der Waals surface area (Å²) >= 11 is 0. The Labute approximate surface area is 197 Å². The molecule has 2 fully saturated rings. The number of hydrogen-bond acceptors (Lipinski definition) is 4. The lowest BCUT2D eigenvalue weighted by molar-refractivity contribution is 0.0321. The molecule has 0 unspecified atom stereocenters. The summed E-state index contributed by atoms with van der Waals surface area (Å²) in [5.41, 5.74) is 5.56. The van der Waals surface area contributed by atoms with Crippen molar-refractivity contribution in [1.29, 1.82) is 0 Å². The van der Waals surface area contributed by atoms with E-state index in [1.54, 1.807) is 0 Å². The molecule has 6 nitrogen and oxygen atoms in total. The van der Waals surface area contributed by atoms with Crippen LogP contribution >= 0.6 is 0 Å². The third kappa shape index (κ3) is 2.85. The summed E-state index contributed by atoms with van der Waals surface area (Å²) in [7, 11) is 4.08. The first-order valence-electron chi connectivity index (χ1n) is 11.9. The molecule has 34 heavy (non-hydrogen) atoms. The predicted molar refractivity (Wildman–Crippen MR) is 135 cm³/mol. The first kappa shape index (κ1) is 19.8. The van der Waals surface area contributed by atoms with Gasteiger partial charge in [-0.05, 0) is 53.3 Å². The highest BCUT2D eigenvalue weighted by Crippen LogP contribution is 2.54. The first-order valence-corrected chi connectivity index (χ1v) is 11.9. The van der Waals surface area contributed by atoms with E-state index in [0.717, 1.165) is 63.1 Å². The fourth-order valence-electron chi connectivity index (χ4n) is 6.11. The van der Waals surface area contributed by atoms with Gasteiger partial charge in [0.05, 0.1) is 16.9 Å². The quantitative estimate of drug-likeness (QED) is 0.408. The van der Waals surface area contributed by atoms with E-state index in [-0.39, 0.29) is 5.75 Å². The molecule has 0 atom stereocenters. The Morgan fingerprint density at radius 2 is 1.82 bits per heavy atom. The van der Waals surface area contributed by atoms with E-state index in [0.29, 0.717) is 11.3 Å². The van der Waals surface area contributed by atoms with Crippen LogP contribution in [-0.2, 0) is 14.1 Å². The zero-order chi connectivity index (χ0) is 23.0. The summed E-state index contributed by atoms with van der Waals surface area (Å²) in [6.45, 7) is 2.25. The minimum absolute atomic E-state index is 0.272. The van der Waals surface area contributed by atoms with Crippen LogP contribution in [0.4, 0.5) is 0 Å². The van der Waals surface area contributed by atoms with Gasteiger partial charge in [0, 0.05) is 55.8 Å². The number of aromatic nitrogens is 4. The van der Waals surface area contributed by atoms with Crippen molar-refractivity contribution < 1.29 is 5.11 Å². The van der Waals surface area contributed by atoms with Crippen molar-refractivity contribution in [1.82, 2.24) is 24.6 Å². The molecule has 5 aromatic rings. The highest BCUT2D eigenvalue weighted by Gasteiger charge is 2.50. The van der Waals surface area contributed by atoms with E-state index >= 15 is 0 Å². The molecule has 0 bridgehead atoms. The second-order valence-corrected chi connectivity index (χ2v) is 10.2. The minimum Gasteiger partial charge on any atom is -0.508 e. The van der Waals surface area contributed by atoms with Crippen molar-refractivity contribution in [3.05, 3.63) is 66.6 Å². The standard InChI is InChI=1S/C28H27N5O/c1-32-14-19-9-18(7-8-24(19)31-32)25-26(23-11-21(34)10-17-5-3-4-6-22(17)23)33(2)27(30-25)20-12-28(13-20)15-29-16-28/h3-11,14,20,29,34H,12-13,15-16H2,1-2H3. The molecule has 1 saturated carbocycles. The molecule has 2 aliphatic rings. The predicted octanol–water partition coefficient (Wildman–Crippen LogP) is 4.97. The third-order valence-electron chi connectivity index (χ3n) is 7.85. The average Bonchev–Trinajstić information content (AvgIpc) is 3.29. The summed E-state index contributed by atoms with van der Waals surface area (Å²) < 4.78 is 4.12. The van der Waals surface area contributed by atoms with Gasteiger partial charge in [0.2, 0.25) is 0 Å². The largest absolute Gasteiger partial charge is 0.508 e. The van der Waals surface area contributed by atoms with Crippen LogP contribution in [0.25, 0.3) is 44.2 Å². The second-order valence-electron chi connectivity index (χ2n) is 10.2. The first-order chi connectivity index (χ1) is 16.5. The van der Waals surface area contributed by atoms with Crippen molar-refractivity contribution in [2.75, 3.05) is 13.1 Å². The van der Waals surface area contributed by atoms with Gasteiger partial charge in [-0.2, -0.15) is 5.10 Å². The number of aromatic hydroxyl groups is 1. The SMILES string of the molecule is Cn1cc2cc(-c3nc(C4CC5(CNC5)C4)n(C)c3-c3cc(O)cc4ccccc34)ccc2n1. The monoisotopic (exact) mass is 449 g/mol. The zero-order valence-corrected chi connectivity index (χ0v) is 19.4. The molecule has 1 spiro atoms. The molecule has 3 heterocycles. The van der Waals surface area contributed by atoms with Crippen LogP contribution in [0.3, 0.4) is 0 Å². The summed E-state index contributed by atoms with van der Waals surface area (Å²) in [5.74, 6) is 1.87. The van der Waals surface area contributed by atoms with Crippen LogP contribution in [0.2, 0.25) is 0 Å². The number of phenolic OH excluding ortho intramolecular Hbond substituents is 1. The zero-order valence-electron chi connectivity index (χ0n) is 19.4. The van der Waals surface area contributed by atoms with E-state index in [4.69, 9.17) is 4.98 Å². The van der Waals surface area contributed by atoms with Gasteiger partial charge in [-0.25, -0.2) is 4.98 Å². The topological polar surface area (TPSA) is 67.9 Å². The number of imidazole rings is 1. The van der Waals surface area contributed by atoms with Crippen LogP contribution in [0.5, 0.6) is 5.75 Å². The fraction of sp³-hybridized carbons (Fsp3) is 0.286. The van der Waals surface area contributed by atoms with E-state index in [9.17, 15) is 5.11 Å². The van der Waals surface area contributed by atoms with Gasteiger partial charge in [0.1, 0.15) is 11.6 Å². The smallest absolute Gasteiger partial charge is 0.116 e. The van der Waals surface area contributed by atoms with Crippen LogP contribution in [0.1, 0.15) is 24.6 Å². The molecular formula is C28H27N5O. The molecule has 2 N–H and O–H groups in total. The van der Waals surface area contributed by atoms with Gasteiger partial charge >= 0.3 is 0 Å². The Morgan fingerprint density at radius 3 is 2.62 bits per heavy atom. The Morgan fingerprint density at radius 1 is 1.00 bits per heavy atom. The summed E-state index contributed by atoms with van der Waals surface area (Å²) in [4.78, 5) is 5.29. The fourth-order valence-corrected chi connectivity index (χ4v) is 6.11. The van der Waals surface area contributed by atoms with Crippen molar-refractivity contribution in [2.45, 2.75) is 18.8 Å². The Balaban J connectivity index is 1.46. The summed E-state index contributed by atoms with van der Waals surface area (Å²) in [6.07, 6.45) is 4.42. The molecule has 2 aromatic heterocycles. The maximum Gasteiger partial charge on any atom is 0.116 e. The highest BCUT2D eigenvalue weighted by molar-refractivity contribution is 6.00. The van der Waals surface area contributed by atoms with Crippen LogP contribution < -0.4 is 5.32 Å². The molecule has 170 valence electrons. The van der Waals surface area contributed by atoms with Crippen LogP contribution in [0, 0.1) is 5.41 Å². The number of nitrogens with zero attached hydrogens (tertiary/aromatic N) is 4. The third-order valence-corrected chi connectivity index (χ3v) is 7.85. The molecule has 1 aliphatic carbocycles. The maximum atomic E-state index is 10.6. The van der Waals surface area contributed by atoms with Crippen molar-refractivity contribution >= 4 is 21.7 Å². The van der Waals surface area contributed by atoms with Gasteiger partial charge < -0.3 is 15.0 Å². The Bertz CT molecular complexity index is 1580. The van der Waals surface area contributed by atoms with Crippen molar-refractivity contribution in [3.63, 3.8) is 0 Å². The summed E-state index contributed by atoms with van der Waals surface area (Å²) in [5, 5.41) is 21.8.